The van der Waals surface area contributed by atoms with Crippen molar-refractivity contribution in [1.82, 2.24) is 20.1 Å². The molecule has 3 rings (SSSR count). The minimum Gasteiger partial charge on any atom is -0.353 e. The second kappa shape index (κ2) is 10.4. The van der Waals surface area contributed by atoms with Gasteiger partial charge in [0.05, 0.1) is 11.3 Å². The molecule has 0 spiro atoms. The minimum absolute atomic E-state index is 0.0498. The molecule has 0 saturated carbocycles. The summed E-state index contributed by atoms with van der Waals surface area (Å²) in [5, 5.41) is 12.1. The maximum atomic E-state index is 14.4. The first kappa shape index (κ1) is 22.0. The van der Waals surface area contributed by atoms with Gasteiger partial charge in [-0.2, -0.15) is 0 Å². The molecule has 7 heteroatoms. The molecule has 5 nitrogen and oxygen atoms in total. The van der Waals surface area contributed by atoms with Crippen molar-refractivity contribution in [3.05, 3.63) is 66.0 Å². The topological polar surface area (TPSA) is 59.8 Å². The van der Waals surface area contributed by atoms with Gasteiger partial charge in [0.15, 0.2) is 11.0 Å². The molecular formula is C23H27FN4OS. The van der Waals surface area contributed by atoms with Gasteiger partial charge in [0.1, 0.15) is 5.82 Å². The van der Waals surface area contributed by atoms with E-state index in [-0.39, 0.29) is 23.5 Å². The van der Waals surface area contributed by atoms with Gasteiger partial charge in [-0.3, -0.25) is 4.79 Å². The zero-order valence-electron chi connectivity index (χ0n) is 17.5. The van der Waals surface area contributed by atoms with Crippen LogP contribution >= 0.6 is 11.8 Å². The van der Waals surface area contributed by atoms with Crippen LogP contribution in [0.4, 0.5) is 4.39 Å². The first-order chi connectivity index (χ1) is 14.5. The second-order valence-electron chi connectivity index (χ2n) is 7.56. The molecule has 0 fully saturated rings. The number of aryl methyl sites for hydroxylation is 1. The van der Waals surface area contributed by atoms with Crippen LogP contribution in [0.15, 0.2) is 59.8 Å². The SMILES string of the molecule is CC(C)[C@@H](C)NC(=O)CSc1nnc(-c2ccccc2F)n1CCc1ccccc1. The van der Waals surface area contributed by atoms with Crippen LogP contribution < -0.4 is 5.32 Å². The number of hydrogen-bond donors (Lipinski definition) is 1. The summed E-state index contributed by atoms with van der Waals surface area (Å²) >= 11 is 1.32. The Morgan fingerprint density at radius 1 is 1.07 bits per heavy atom. The van der Waals surface area contributed by atoms with Crippen molar-refractivity contribution < 1.29 is 9.18 Å². The van der Waals surface area contributed by atoms with Gasteiger partial charge >= 0.3 is 0 Å². The zero-order valence-corrected chi connectivity index (χ0v) is 18.3. The number of benzene rings is 2. The van der Waals surface area contributed by atoms with Crippen LogP contribution in [0, 0.1) is 11.7 Å². The first-order valence-corrected chi connectivity index (χ1v) is 11.1. The number of carbonyl (C=O) groups is 1. The fourth-order valence-corrected chi connectivity index (χ4v) is 3.69. The number of hydrogen-bond acceptors (Lipinski definition) is 4. The molecular weight excluding hydrogens is 399 g/mol. The molecule has 3 aromatic rings. The molecule has 1 atom stereocenters. The van der Waals surface area contributed by atoms with Gasteiger partial charge in [-0.05, 0) is 37.0 Å². The summed E-state index contributed by atoms with van der Waals surface area (Å²) in [6.07, 6.45) is 0.754. The Morgan fingerprint density at radius 3 is 2.47 bits per heavy atom. The molecule has 0 aliphatic carbocycles. The zero-order chi connectivity index (χ0) is 21.5. The van der Waals surface area contributed by atoms with E-state index in [4.69, 9.17) is 0 Å². The smallest absolute Gasteiger partial charge is 0.230 e. The highest BCUT2D eigenvalue weighted by molar-refractivity contribution is 7.99. The second-order valence-corrected chi connectivity index (χ2v) is 8.50. The van der Waals surface area contributed by atoms with Crippen LogP contribution in [0.1, 0.15) is 26.3 Å². The lowest BCUT2D eigenvalue weighted by molar-refractivity contribution is -0.119. The fraction of sp³-hybridized carbons (Fsp3) is 0.348. The summed E-state index contributed by atoms with van der Waals surface area (Å²) in [4.78, 5) is 12.3. The third kappa shape index (κ3) is 5.69. The lowest BCUT2D eigenvalue weighted by atomic mass is 10.1. The van der Waals surface area contributed by atoms with E-state index in [0.717, 1.165) is 6.42 Å². The quantitative estimate of drug-likeness (QED) is 0.509. The highest BCUT2D eigenvalue weighted by Gasteiger charge is 2.19. The number of amides is 1. The molecule has 2 aromatic carbocycles. The average Bonchev–Trinajstić information content (AvgIpc) is 3.14. The highest BCUT2D eigenvalue weighted by Crippen LogP contribution is 2.26. The van der Waals surface area contributed by atoms with Crippen LogP contribution in [0.25, 0.3) is 11.4 Å². The van der Waals surface area contributed by atoms with Crippen molar-refractivity contribution >= 4 is 17.7 Å². The monoisotopic (exact) mass is 426 g/mol. The van der Waals surface area contributed by atoms with Crippen molar-refractivity contribution in [2.45, 2.75) is 44.9 Å². The van der Waals surface area contributed by atoms with Crippen molar-refractivity contribution in [2.24, 2.45) is 5.92 Å². The first-order valence-electron chi connectivity index (χ1n) is 10.1. The molecule has 158 valence electrons. The van der Waals surface area contributed by atoms with E-state index < -0.39 is 0 Å². The average molecular weight is 427 g/mol. The summed E-state index contributed by atoms with van der Waals surface area (Å²) in [6, 6.07) is 16.7. The number of carbonyl (C=O) groups excluding carboxylic acids is 1. The van der Waals surface area contributed by atoms with E-state index in [1.807, 2.05) is 29.7 Å². The standard InChI is InChI=1S/C23H27FN4OS/c1-16(2)17(3)25-21(29)15-30-23-27-26-22(19-11-7-8-12-20(19)24)28(23)14-13-18-9-5-4-6-10-18/h4-12,16-17H,13-15H2,1-3H3,(H,25,29)/t17-/m1/s1. The van der Waals surface area contributed by atoms with Gasteiger partial charge in [0.25, 0.3) is 0 Å². The summed E-state index contributed by atoms with van der Waals surface area (Å²) < 4.78 is 16.3. The molecule has 1 amide bonds. The maximum Gasteiger partial charge on any atom is 0.230 e. The predicted molar refractivity (Wildman–Crippen MR) is 119 cm³/mol. The normalized spacial score (nSPS) is 12.2. The third-order valence-corrected chi connectivity index (χ3v) is 5.99. The molecule has 0 saturated heterocycles. The van der Waals surface area contributed by atoms with Crippen LogP contribution in [-0.2, 0) is 17.8 Å². The number of nitrogens with zero attached hydrogens (tertiary/aromatic N) is 3. The van der Waals surface area contributed by atoms with Crippen LogP contribution in [-0.4, -0.2) is 32.5 Å². The molecule has 1 N–H and O–H groups in total. The predicted octanol–water partition coefficient (Wildman–Crippen LogP) is 4.58. The number of rotatable bonds is 9. The van der Waals surface area contributed by atoms with E-state index in [1.54, 1.807) is 18.2 Å². The van der Waals surface area contributed by atoms with E-state index >= 15 is 0 Å². The van der Waals surface area contributed by atoms with Crippen molar-refractivity contribution in [3.8, 4) is 11.4 Å². The molecule has 0 radical (unpaired) electrons. The molecule has 1 heterocycles. The van der Waals surface area contributed by atoms with Crippen molar-refractivity contribution in [1.29, 1.82) is 0 Å². The van der Waals surface area contributed by atoms with Gasteiger partial charge < -0.3 is 9.88 Å². The number of halogens is 1. The number of thioether (sulfide) groups is 1. The number of aromatic nitrogens is 3. The van der Waals surface area contributed by atoms with Crippen LogP contribution in [0.5, 0.6) is 0 Å². The Bertz CT molecular complexity index is 974. The summed E-state index contributed by atoms with van der Waals surface area (Å²) in [5.74, 6) is 0.679. The lowest BCUT2D eigenvalue weighted by Crippen LogP contribution is -2.37. The highest BCUT2D eigenvalue weighted by atomic mass is 32.2. The van der Waals surface area contributed by atoms with Crippen molar-refractivity contribution in [3.63, 3.8) is 0 Å². The van der Waals surface area contributed by atoms with Crippen molar-refractivity contribution in [2.75, 3.05) is 5.75 Å². The van der Waals surface area contributed by atoms with Gasteiger partial charge in [-0.15, -0.1) is 10.2 Å². The molecule has 0 bridgehead atoms. The van der Waals surface area contributed by atoms with Crippen LogP contribution in [0.3, 0.4) is 0 Å². The van der Waals surface area contributed by atoms with E-state index in [9.17, 15) is 9.18 Å². The molecule has 0 unspecified atom stereocenters. The van der Waals surface area contributed by atoms with Gasteiger partial charge in [-0.25, -0.2) is 4.39 Å². The largest absolute Gasteiger partial charge is 0.353 e. The lowest BCUT2D eigenvalue weighted by Gasteiger charge is -2.17. The minimum atomic E-state index is -0.342. The Kier molecular flexibility index (Phi) is 7.63. The van der Waals surface area contributed by atoms with Gasteiger partial charge in [0, 0.05) is 12.6 Å². The molecule has 0 aliphatic rings. The fourth-order valence-electron chi connectivity index (χ4n) is 2.92. The molecule has 0 aliphatic heterocycles. The Morgan fingerprint density at radius 2 is 1.77 bits per heavy atom. The Labute approximate surface area is 181 Å². The van der Waals surface area contributed by atoms with E-state index in [2.05, 4.69) is 41.5 Å². The third-order valence-electron chi connectivity index (χ3n) is 5.02. The summed E-state index contributed by atoms with van der Waals surface area (Å²) in [7, 11) is 0. The summed E-state index contributed by atoms with van der Waals surface area (Å²) in [6.45, 7) is 6.72. The Balaban J connectivity index is 1.80. The number of nitrogens with one attached hydrogen (secondary N) is 1. The molecule has 30 heavy (non-hydrogen) atoms. The van der Waals surface area contributed by atoms with E-state index in [0.29, 0.717) is 29.0 Å². The van der Waals surface area contributed by atoms with Gasteiger partial charge in [-0.1, -0.05) is 68.1 Å². The molecule has 1 aromatic heterocycles. The van der Waals surface area contributed by atoms with Crippen LogP contribution in [0.2, 0.25) is 0 Å². The Hall–Kier alpha value is -2.67. The van der Waals surface area contributed by atoms with E-state index in [1.165, 1.54) is 23.4 Å². The maximum absolute atomic E-state index is 14.4. The van der Waals surface area contributed by atoms with Gasteiger partial charge in [0.2, 0.25) is 5.91 Å². The summed E-state index contributed by atoms with van der Waals surface area (Å²) in [5.41, 5.74) is 1.58.